The highest BCUT2D eigenvalue weighted by Crippen LogP contribution is 2.12. The minimum atomic E-state index is -0.362. The number of carbonyl (C=O) groups excluding carboxylic acids is 1. The highest BCUT2D eigenvalue weighted by molar-refractivity contribution is 5.67. The number of piperazine rings is 1. The van der Waals surface area contributed by atoms with E-state index in [1.54, 1.807) is 0 Å². The molecule has 1 atom stereocenters. The van der Waals surface area contributed by atoms with Crippen LogP contribution < -0.4 is 10.6 Å². The van der Waals surface area contributed by atoms with E-state index in [0.717, 1.165) is 52.2 Å². The maximum Gasteiger partial charge on any atom is 0.407 e. The van der Waals surface area contributed by atoms with E-state index in [0.29, 0.717) is 19.8 Å². The Hall–Kier alpha value is -1.41. The number of nitrogens with one attached hydrogen (secondary N) is 2. The minimum absolute atomic E-state index is 0.217. The zero-order valence-corrected chi connectivity index (χ0v) is 35.3. The third kappa shape index (κ3) is 37.3. The molecular weight excluding hydrogens is 659 g/mol. The molecule has 1 heterocycles. The largest absolute Gasteiger partial charge is 0.447 e. The number of ether oxygens (including phenoxy) is 3. The van der Waals surface area contributed by atoms with Gasteiger partial charge in [0.25, 0.3) is 0 Å². The smallest absolute Gasteiger partial charge is 0.407 e. The molecule has 1 unspecified atom stereocenters. The van der Waals surface area contributed by atoms with Crippen LogP contribution in [0.5, 0.6) is 0 Å². The van der Waals surface area contributed by atoms with Crippen LogP contribution in [0.25, 0.3) is 0 Å². The minimum Gasteiger partial charge on any atom is -0.447 e. The van der Waals surface area contributed by atoms with Crippen molar-refractivity contribution < 1.29 is 19.0 Å². The molecule has 0 spiro atoms. The van der Waals surface area contributed by atoms with E-state index >= 15 is 0 Å². The van der Waals surface area contributed by atoms with Crippen LogP contribution in [0.2, 0.25) is 0 Å². The molecule has 1 saturated heterocycles. The maximum absolute atomic E-state index is 12.4. The SMILES string of the molecule is CCCCCCCC/C=C\CCCCCCCCOCC(COC(=O)NCCN1CCNCC1)OCCCCCCCC/C=C\CCCCCCCC. The molecule has 0 aromatic heterocycles. The summed E-state index contributed by atoms with van der Waals surface area (Å²) in [7, 11) is 0. The summed E-state index contributed by atoms with van der Waals surface area (Å²) in [4.78, 5) is 14.8. The second kappa shape index (κ2) is 41.7. The highest BCUT2D eigenvalue weighted by atomic mass is 16.6. The van der Waals surface area contributed by atoms with Gasteiger partial charge in [-0.2, -0.15) is 0 Å². The zero-order chi connectivity index (χ0) is 38.0. The first-order valence-corrected chi connectivity index (χ1v) is 23.1. The summed E-state index contributed by atoms with van der Waals surface area (Å²) in [5.74, 6) is 0. The summed E-state index contributed by atoms with van der Waals surface area (Å²) in [6.45, 7) is 12.2. The van der Waals surface area contributed by atoms with Gasteiger partial charge in [0.2, 0.25) is 0 Å². The number of unbranched alkanes of at least 4 members (excludes halogenated alkanes) is 24. The van der Waals surface area contributed by atoms with Crippen LogP contribution in [0.3, 0.4) is 0 Å². The average Bonchev–Trinajstić information content (AvgIpc) is 3.17. The number of rotatable bonds is 40. The van der Waals surface area contributed by atoms with E-state index < -0.39 is 0 Å². The Bertz CT molecular complexity index is 802. The lowest BCUT2D eigenvalue weighted by atomic mass is 10.1. The van der Waals surface area contributed by atoms with Gasteiger partial charge in [-0.05, 0) is 64.2 Å². The first-order chi connectivity index (χ1) is 26.3. The lowest BCUT2D eigenvalue weighted by Gasteiger charge is -2.27. The van der Waals surface area contributed by atoms with Gasteiger partial charge in [-0.15, -0.1) is 0 Å². The van der Waals surface area contributed by atoms with Crippen molar-refractivity contribution in [2.24, 2.45) is 0 Å². The number of amides is 1. The molecule has 312 valence electrons. The van der Waals surface area contributed by atoms with Crippen molar-refractivity contribution in [3.05, 3.63) is 24.3 Å². The Morgan fingerprint density at radius 3 is 1.51 bits per heavy atom. The molecular formula is C46H89N3O4. The second-order valence-corrected chi connectivity index (χ2v) is 15.6. The molecule has 1 aliphatic rings. The van der Waals surface area contributed by atoms with Gasteiger partial charge < -0.3 is 24.8 Å². The molecule has 1 fully saturated rings. The molecule has 7 nitrogen and oxygen atoms in total. The molecule has 0 radical (unpaired) electrons. The van der Waals surface area contributed by atoms with Gasteiger partial charge in [-0.25, -0.2) is 4.79 Å². The fourth-order valence-corrected chi connectivity index (χ4v) is 6.88. The van der Waals surface area contributed by atoms with Crippen LogP contribution in [-0.2, 0) is 14.2 Å². The molecule has 7 heteroatoms. The van der Waals surface area contributed by atoms with Gasteiger partial charge in [0.1, 0.15) is 12.7 Å². The Morgan fingerprint density at radius 1 is 0.585 bits per heavy atom. The summed E-state index contributed by atoms with van der Waals surface area (Å²) < 4.78 is 17.8. The average molecular weight is 748 g/mol. The van der Waals surface area contributed by atoms with Crippen molar-refractivity contribution in [3.8, 4) is 0 Å². The predicted octanol–water partition coefficient (Wildman–Crippen LogP) is 12.1. The Balaban J connectivity index is 2.12. The summed E-state index contributed by atoms with van der Waals surface area (Å²) >= 11 is 0. The summed E-state index contributed by atoms with van der Waals surface area (Å²) in [6, 6.07) is 0. The van der Waals surface area contributed by atoms with Crippen molar-refractivity contribution in [3.63, 3.8) is 0 Å². The zero-order valence-electron chi connectivity index (χ0n) is 35.3. The van der Waals surface area contributed by atoms with Gasteiger partial charge in [-0.3, -0.25) is 4.90 Å². The summed E-state index contributed by atoms with van der Waals surface area (Å²) in [5, 5.41) is 6.28. The lowest BCUT2D eigenvalue weighted by molar-refractivity contribution is -0.0468. The topological polar surface area (TPSA) is 72.1 Å². The monoisotopic (exact) mass is 748 g/mol. The van der Waals surface area contributed by atoms with Crippen LogP contribution in [0.1, 0.15) is 194 Å². The van der Waals surface area contributed by atoms with Crippen molar-refractivity contribution in [2.45, 2.75) is 200 Å². The van der Waals surface area contributed by atoms with Crippen molar-refractivity contribution >= 4 is 6.09 Å². The standard InChI is InChI=1S/C46H89N3O4/c1-3-5-7-9-11-13-15-17-19-21-23-25-27-29-31-33-41-51-43-45(44-53-46(50)48-37-40-49-38-35-47-36-39-49)52-42-34-32-30-28-26-24-22-20-18-16-14-12-10-8-6-4-2/h17-20,45,47H,3-16,21-44H2,1-2H3,(H,48,50)/b19-17-,20-18-. The predicted molar refractivity (Wildman–Crippen MR) is 228 cm³/mol. The quantitative estimate of drug-likeness (QED) is 0.0480. The summed E-state index contributed by atoms with van der Waals surface area (Å²) in [6.07, 6.45) is 45.4. The van der Waals surface area contributed by atoms with Crippen LogP contribution >= 0.6 is 0 Å². The van der Waals surface area contributed by atoms with Crippen LogP contribution in [-0.4, -0.2) is 82.8 Å². The molecule has 1 aliphatic heterocycles. The van der Waals surface area contributed by atoms with Gasteiger partial charge in [-0.1, -0.05) is 154 Å². The van der Waals surface area contributed by atoms with E-state index in [1.807, 2.05) is 0 Å². The first kappa shape index (κ1) is 49.6. The van der Waals surface area contributed by atoms with Gasteiger partial charge >= 0.3 is 6.09 Å². The van der Waals surface area contributed by atoms with E-state index in [4.69, 9.17) is 14.2 Å². The maximum atomic E-state index is 12.4. The summed E-state index contributed by atoms with van der Waals surface area (Å²) in [5.41, 5.74) is 0. The molecule has 1 amide bonds. The van der Waals surface area contributed by atoms with Gasteiger partial charge in [0.05, 0.1) is 6.61 Å². The lowest BCUT2D eigenvalue weighted by Crippen LogP contribution is -2.46. The molecule has 0 aromatic rings. The molecule has 0 aliphatic carbocycles. The Kier molecular flexibility index (Phi) is 39.1. The van der Waals surface area contributed by atoms with Crippen LogP contribution in [0.4, 0.5) is 4.79 Å². The number of nitrogens with zero attached hydrogens (tertiary/aromatic N) is 1. The highest BCUT2D eigenvalue weighted by Gasteiger charge is 2.14. The second-order valence-electron chi connectivity index (χ2n) is 15.6. The van der Waals surface area contributed by atoms with E-state index in [-0.39, 0.29) is 18.8 Å². The van der Waals surface area contributed by atoms with Gasteiger partial charge in [0, 0.05) is 52.5 Å². The van der Waals surface area contributed by atoms with Gasteiger partial charge in [0.15, 0.2) is 0 Å². The molecule has 2 N–H and O–H groups in total. The third-order valence-electron chi connectivity index (χ3n) is 10.4. The van der Waals surface area contributed by atoms with E-state index in [1.165, 1.54) is 167 Å². The Morgan fingerprint density at radius 2 is 1.02 bits per heavy atom. The van der Waals surface area contributed by atoms with Crippen molar-refractivity contribution in [2.75, 3.05) is 65.7 Å². The normalized spacial score (nSPS) is 14.5. The third-order valence-corrected chi connectivity index (χ3v) is 10.4. The molecule has 0 saturated carbocycles. The number of hydrogen-bond donors (Lipinski definition) is 2. The number of hydrogen-bond acceptors (Lipinski definition) is 6. The van der Waals surface area contributed by atoms with Crippen molar-refractivity contribution in [1.29, 1.82) is 0 Å². The number of carbonyl (C=O) groups is 1. The fourth-order valence-electron chi connectivity index (χ4n) is 6.88. The van der Waals surface area contributed by atoms with E-state index in [2.05, 4.69) is 53.7 Å². The number of allylic oxidation sites excluding steroid dienone is 4. The van der Waals surface area contributed by atoms with Crippen LogP contribution in [0.15, 0.2) is 24.3 Å². The first-order valence-electron chi connectivity index (χ1n) is 23.1. The molecule has 53 heavy (non-hydrogen) atoms. The molecule has 0 bridgehead atoms. The molecule has 0 aromatic carbocycles. The fraction of sp³-hybridized carbons (Fsp3) is 0.891. The molecule has 1 rings (SSSR count). The van der Waals surface area contributed by atoms with E-state index in [9.17, 15) is 4.79 Å². The van der Waals surface area contributed by atoms with Crippen molar-refractivity contribution in [1.82, 2.24) is 15.5 Å². The van der Waals surface area contributed by atoms with Crippen LogP contribution in [0, 0.1) is 0 Å². The Labute approximate surface area is 329 Å². The number of alkyl carbamates (subject to hydrolysis) is 1.